The van der Waals surface area contributed by atoms with Crippen molar-refractivity contribution in [2.24, 2.45) is 0 Å². The number of benzene rings is 8. The molecule has 0 atom stereocenters. The third-order valence-corrected chi connectivity index (χ3v) is 13.0. The number of aromatic nitrogens is 4. The molecule has 0 unspecified atom stereocenters. The van der Waals surface area contributed by atoms with Crippen LogP contribution >= 0.6 is 0 Å². The SMILES string of the molecule is CC1(C)c2ccccc2-c2ccc3c(c2C1(C)C)c1c2ccccc2ccc1n3-c1ccc(-c2nc(-c3ccccc3)nc(-c3ccccc3)n2)c2ccccc12. The van der Waals surface area contributed by atoms with Crippen molar-refractivity contribution < 1.29 is 0 Å². The molecule has 0 aliphatic heterocycles. The molecule has 11 rings (SSSR count). The average molecular weight is 733 g/mol. The van der Waals surface area contributed by atoms with Gasteiger partial charge in [-0.1, -0.05) is 173 Å². The van der Waals surface area contributed by atoms with Crippen molar-refractivity contribution in [2.45, 2.75) is 38.5 Å². The van der Waals surface area contributed by atoms with E-state index in [0.717, 1.165) is 33.2 Å². The van der Waals surface area contributed by atoms with E-state index >= 15 is 0 Å². The normalized spacial score (nSPS) is 14.2. The Hall–Kier alpha value is -6.91. The summed E-state index contributed by atoms with van der Waals surface area (Å²) < 4.78 is 2.51. The number of nitrogens with zero attached hydrogens (tertiary/aromatic N) is 4. The molecule has 2 heterocycles. The lowest BCUT2D eigenvalue weighted by Gasteiger charge is -2.48. The van der Waals surface area contributed by atoms with Gasteiger partial charge in [0.05, 0.1) is 16.7 Å². The van der Waals surface area contributed by atoms with E-state index in [1.54, 1.807) is 0 Å². The van der Waals surface area contributed by atoms with Gasteiger partial charge in [0.2, 0.25) is 0 Å². The Balaban J connectivity index is 1.22. The Morgan fingerprint density at radius 3 is 1.65 bits per heavy atom. The number of hydrogen-bond donors (Lipinski definition) is 0. The summed E-state index contributed by atoms with van der Waals surface area (Å²) in [5.74, 6) is 1.95. The van der Waals surface area contributed by atoms with Gasteiger partial charge in [0, 0.05) is 38.3 Å². The van der Waals surface area contributed by atoms with Gasteiger partial charge in [0.25, 0.3) is 0 Å². The molecule has 0 saturated carbocycles. The van der Waals surface area contributed by atoms with Crippen LogP contribution in [0.1, 0.15) is 38.8 Å². The fourth-order valence-electron chi connectivity index (χ4n) is 9.52. The molecule has 1 aliphatic carbocycles. The summed E-state index contributed by atoms with van der Waals surface area (Å²) in [7, 11) is 0. The summed E-state index contributed by atoms with van der Waals surface area (Å²) in [5.41, 5.74) is 11.6. The molecule has 57 heavy (non-hydrogen) atoms. The van der Waals surface area contributed by atoms with Crippen molar-refractivity contribution in [1.82, 2.24) is 19.5 Å². The van der Waals surface area contributed by atoms with Crippen LogP contribution in [0.2, 0.25) is 0 Å². The Kier molecular flexibility index (Phi) is 7.21. The second-order valence-electron chi connectivity index (χ2n) is 16.4. The Morgan fingerprint density at radius 1 is 0.386 bits per heavy atom. The summed E-state index contributed by atoms with van der Waals surface area (Å²) in [5, 5.41) is 7.36. The van der Waals surface area contributed by atoms with Crippen molar-refractivity contribution >= 4 is 43.4 Å². The predicted octanol–water partition coefficient (Wildman–Crippen LogP) is 13.5. The van der Waals surface area contributed by atoms with Crippen LogP contribution in [-0.4, -0.2) is 19.5 Å². The Bertz CT molecular complexity index is 3170. The van der Waals surface area contributed by atoms with E-state index in [0.29, 0.717) is 17.5 Å². The fourth-order valence-corrected chi connectivity index (χ4v) is 9.52. The number of fused-ring (bicyclic) bond motifs is 10. The fraction of sp³-hybridized carbons (Fsp3) is 0.113. The molecule has 4 nitrogen and oxygen atoms in total. The third-order valence-electron chi connectivity index (χ3n) is 13.0. The Labute approximate surface area is 332 Å². The molecule has 0 radical (unpaired) electrons. The van der Waals surface area contributed by atoms with Crippen LogP contribution < -0.4 is 0 Å². The monoisotopic (exact) mass is 732 g/mol. The van der Waals surface area contributed by atoms with E-state index in [-0.39, 0.29) is 10.8 Å². The quantitative estimate of drug-likeness (QED) is 0.181. The molecule has 10 aromatic rings. The zero-order valence-electron chi connectivity index (χ0n) is 32.5. The molecule has 0 spiro atoms. The van der Waals surface area contributed by atoms with E-state index < -0.39 is 0 Å². The minimum Gasteiger partial charge on any atom is -0.309 e. The van der Waals surface area contributed by atoms with Gasteiger partial charge >= 0.3 is 0 Å². The molecule has 272 valence electrons. The summed E-state index contributed by atoms with van der Waals surface area (Å²) >= 11 is 0. The van der Waals surface area contributed by atoms with Crippen LogP contribution in [0.25, 0.3) is 94.3 Å². The van der Waals surface area contributed by atoms with Gasteiger partial charge in [0.15, 0.2) is 17.5 Å². The highest BCUT2D eigenvalue weighted by atomic mass is 15.0. The first kappa shape index (κ1) is 33.4. The number of hydrogen-bond acceptors (Lipinski definition) is 3. The van der Waals surface area contributed by atoms with Crippen LogP contribution in [0.15, 0.2) is 170 Å². The predicted molar refractivity (Wildman–Crippen MR) is 237 cm³/mol. The van der Waals surface area contributed by atoms with Crippen molar-refractivity contribution in [3.63, 3.8) is 0 Å². The largest absolute Gasteiger partial charge is 0.309 e. The van der Waals surface area contributed by atoms with Crippen molar-refractivity contribution in [3.05, 3.63) is 181 Å². The van der Waals surface area contributed by atoms with Crippen LogP contribution in [0.3, 0.4) is 0 Å². The zero-order chi connectivity index (χ0) is 38.5. The molecule has 4 heteroatoms. The zero-order valence-corrected chi connectivity index (χ0v) is 32.5. The smallest absolute Gasteiger partial charge is 0.164 e. The van der Waals surface area contributed by atoms with Gasteiger partial charge in [0.1, 0.15) is 0 Å². The molecule has 2 aromatic heterocycles. The maximum absolute atomic E-state index is 5.14. The van der Waals surface area contributed by atoms with Crippen LogP contribution in [0.5, 0.6) is 0 Å². The van der Waals surface area contributed by atoms with E-state index in [9.17, 15) is 0 Å². The highest BCUT2D eigenvalue weighted by molar-refractivity contribution is 6.24. The van der Waals surface area contributed by atoms with Crippen LogP contribution in [0, 0.1) is 0 Å². The van der Waals surface area contributed by atoms with E-state index in [1.807, 2.05) is 36.4 Å². The van der Waals surface area contributed by atoms with Gasteiger partial charge in [-0.25, -0.2) is 15.0 Å². The summed E-state index contributed by atoms with van der Waals surface area (Å²) in [6.45, 7) is 9.74. The molecular formula is C53H40N4. The minimum atomic E-state index is -0.177. The second kappa shape index (κ2) is 12.3. The molecule has 0 bridgehead atoms. The standard InChI is InChI=1S/C53H40N4/c1-52(2)42-26-16-15-24-38(42)40-28-32-45-47(48(40)53(52,3)4)46-36-22-12-11-17-33(36)27-30-44(46)57(45)43-31-29-41(37-23-13-14-25-39(37)43)51-55-49(34-18-7-5-8-19-34)54-50(56-51)35-20-9-6-10-21-35/h5-32H,1-4H3. The molecule has 0 amide bonds. The van der Waals surface area contributed by atoms with Gasteiger partial charge in [-0.2, -0.15) is 0 Å². The molecule has 1 aliphatic rings. The van der Waals surface area contributed by atoms with Crippen molar-refractivity contribution in [1.29, 1.82) is 0 Å². The molecular weight excluding hydrogens is 693 g/mol. The molecule has 0 fully saturated rings. The minimum absolute atomic E-state index is 0.111. The van der Waals surface area contributed by atoms with Gasteiger partial charge in [-0.15, -0.1) is 0 Å². The Morgan fingerprint density at radius 2 is 0.930 bits per heavy atom. The van der Waals surface area contributed by atoms with Crippen LogP contribution in [-0.2, 0) is 10.8 Å². The highest BCUT2D eigenvalue weighted by Gasteiger charge is 2.47. The van der Waals surface area contributed by atoms with E-state index in [4.69, 9.17) is 15.0 Å². The average Bonchev–Trinajstić information content (AvgIpc) is 3.60. The second-order valence-corrected chi connectivity index (χ2v) is 16.4. The molecule has 8 aromatic carbocycles. The lowest BCUT2D eigenvalue weighted by Crippen LogP contribution is -2.43. The van der Waals surface area contributed by atoms with Gasteiger partial charge in [-0.3, -0.25) is 0 Å². The maximum atomic E-state index is 5.14. The first-order valence-corrected chi connectivity index (χ1v) is 19.8. The maximum Gasteiger partial charge on any atom is 0.164 e. The summed E-state index contributed by atoms with van der Waals surface area (Å²) in [4.78, 5) is 15.3. The van der Waals surface area contributed by atoms with Gasteiger partial charge < -0.3 is 4.57 Å². The lowest BCUT2D eigenvalue weighted by atomic mass is 9.55. The summed E-state index contributed by atoms with van der Waals surface area (Å²) in [6, 6.07) is 60.8. The van der Waals surface area contributed by atoms with E-state index in [2.05, 4.69) is 166 Å². The van der Waals surface area contributed by atoms with Gasteiger partial charge in [-0.05, 0) is 68.1 Å². The molecule has 0 saturated heterocycles. The van der Waals surface area contributed by atoms with Crippen molar-refractivity contribution in [2.75, 3.05) is 0 Å². The lowest BCUT2D eigenvalue weighted by molar-refractivity contribution is 0.301. The topological polar surface area (TPSA) is 43.6 Å². The first-order chi connectivity index (χ1) is 27.8. The summed E-state index contributed by atoms with van der Waals surface area (Å²) in [6.07, 6.45) is 0. The molecule has 0 N–H and O–H groups in total. The van der Waals surface area contributed by atoms with Crippen molar-refractivity contribution in [3.8, 4) is 51.0 Å². The first-order valence-electron chi connectivity index (χ1n) is 19.8. The van der Waals surface area contributed by atoms with E-state index in [1.165, 1.54) is 54.8 Å². The number of rotatable bonds is 4. The highest BCUT2D eigenvalue weighted by Crippen LogP contribution is 2.57. The van der Waals surface area contributed by atoms with Crippen LogP contribution in [0.4, 0.5) is 0 Å². The third kappa shape index (κ3) is 4.83.